The molecular formula is C24H19ClN4O3S. The van der Waals surface area contributed by atoms with Crippen molar-refractivity contribution in [1.29, 1.82) is 0 Å². The largest absolute Gasteiger partial charge is 0.342 e. The SMILES string of the molecule is Cc1cccc(C(=O)N/C(=C\c2cccs2)C(=O)NCc2nc(-c3ccc(Cl)cc3)no2)c1. The van der Waals surface area contributed by atoms with Crippen LogP contribution in [0.25, 0.3) is 17.5 Å². The fraction of sp³-hybridized carbons (Fsp3) is 0.0833. The Morgan fingerprint density at radius 1 is 1.12 bits per heavy atom. The van der Waals surface area contributed by atoms with E-state index in [4.69, 9.17) is 16.1 Å². The molecule has 2 heterocycles. The van der Waals surface area contributed by atoms with Crippen molar-refractivity contribution in [3.8, 4) is 11.4 Å². The van der Waals surface area contributed by atoms with Crippen LogP contribution in [0.1, 0.15) is 26.7 Å². The summed E-state index contributed by atoms with van der Waals surface area (Å²) in [7, 11) is 0. The number of hydrogen-bond acceptors (Lipinski definition) is 6. The lowest BCUT2D eigenvalue weighted by Crippen LogP contribution is -2.34. The lowest BCUT2D eigenvalue weighted by Gasteiger charge is -2.10. The molecule has 4 rings (SSSR count). The smallest absolute Gasteiger partial charge is 0.268 e. The standard InChI is InChI=1S/C24H19ClN4O3S/c1-15-4-2-5-17(12-15)23(30)27-20(13-19-6-3-11-33-19)24(31)26-14-21-28-22(29-32-21)16-7-9-18(25)10-8-16/h2-13H,14H2,1H3,(H,26,31)(H,27,30)/b20-13-. The molecule has 2 amide bonds. The van der Waals surface area contributed by atoms with Crippen LogP contribution in [-0.2, 0) is 11.3 Å². The third-order valence-corrected chi connectivity index (χ3v) is 5.64. The number of hydrogen-bond donors (Lipinski definition) is 2. The molecule has 0 aliphatic rings. The number of nitrogens with one attached hydrogen (secondary N) is 2. The van der Waals surface area contributed by atoms with E-state index in [0.717, 1.165) is 16.0 Å². The summed E-state index contributed by atoms with van der Waals surface area (Å²) in [6.45, 7) is 1.90. The van der Waals surface area contributed by atoms with Gasteiger partial charge in [-0.1, -0.05) is 40.5 Å². The molecular weight excluding hydrogens is 460 g/mol. The van der Waals surface area contributed by atoms with Crippen LogP contribution in [0, 0.1) is 6.92 Å². The number of aryl methyl sites for hydroxylation is 1. The number of rotatable bonds is 7. The summed E-state index contributed by atoms with van der Waals surface area (Å²) in [5.74, 6) is -0.234. The third kappa shape index (κ3) is 5.94. The second-order valence-electron chi connectivity index (χ2n) is 7.10. The van der Waals surface area contributed by atoms with Crippen molar-refractivity contribution < 1.29 is 14.1 Å². The Morgan fingerprint density at radius 3 is 2.67 bits per heavy atom. The number of carbonyl (C=O) groups is 2. The average molecular weight is 479 g/mol. The molecule has 0 radical (unpaired) electrons. The summed E-state index contributed by atoms with van der Waals surface area (Å²) in [6.07, 6.45) is 1.63. The summed E-state index contributed by atoms with van der Waals surface area (Å²) < 4.78 is 5.24. The van der Waals surface area contributed by atoms with Crippen LogP contribution in [0.5, 0.6) is 0 Å². The van der Waals surface area contributed by atoms with Crippen molar-refractivity contribution in [1.82, 2.24) is 20.8 Å². The molecule has 0 atom stereocenters. The molecule has 0 bridgehead atoms. The Morgan fingerprint density at radius 2 is 1.94 bits per heavy atom. The van der Waals surface area contributed by atoms with E-state index in [-0.39, 0.29) is 24.0 Å². The van der Waals surface area contributed by atoms with Gasteiger partial charge in [-0.25, -0.2) is 0 Å². The molecule has 33 heavy (non-hydrogen) atoms. The van der Waals surface area contributed by atoms with Crippen LogP contribution in [0.15, 0.2) is 76.3 Å². The van der Waals surface area contributed by atoms with E-state index in [1.807, 2.05) is 30.5 Å². The van der Waals surface area contributed by atoms with Gasteiger partial charge in [0.15, 0.2) is 0 Å². The molecule has 2 aromatic heterocycles. The predicted octanol–water partition coefficient (Wildman–Crippen LogP) is 4.85. The van der Waals surface area contributed by atoms with E-state index in [0.29, 0.717) is 16.4 Å². The zero-order valence-corrected chi connectivity index (χ0v) is 19.1. The zero-order chi connectivity index (χ0) is 23.2. The number of carbonyl (C=O) groups excluding carboxylic acids is 2. The molecule has 0 saturated carbocycles. The van der Waals surface area contributed by atoms with E-state index >= 15 is 0 Å². The Bertz CT molecular complexity index is 1300. The number of benzene rings is 2. The molecule has 0 fully saturated rings. The van der Waals surface area contributed by atoms with Crippen LogP contribution in [0.2, 0.25) is 5.02 Å². The molecule has 0 aliphatic heterocycles. The van der Waals surface area contributed by atoms with Crippen molar-refractivity contribution in [2.75, 3.05) is 0 Å². The highest BCUT2D eigenvalue weighted by molar-refractivity contribution is 7.10. The van der Waals surface area contributed by atoms with Gasteiger partial charge in [0.2, 0.25) is 11.7 Å². The van der Waals surface area contributed by atoms with E-state index in [9.17, 15) is 9.59 Å². The minimum atomic E-state index is -0.476. The van der Waals surface area contributed by atoms with Crippen molar-refractivity contribution in [2.24, 2.45) is 0 Å². The average Bonchev–Trinajstić information content (AvgIpc) is 3.50. The summed E-state index contributed by atoms with van der Waals surface area (Å²) in [5.41, 5.74) is 2.26. The Kier molecular flexibility index (Phi) is 6.97. The molecule has 9 heteroatoms. The van der Waals surface area contributed by atoms with Gasteiger partial charge in [-0.05, 0) is 60.8 Å². The second-order valence-corrected chi connectivity index (χ2v) is 8.51. The minimum absolute atomic E-state index is 0.00151. The first-order valence-electron chi connectivity index (χ1n) is 9.98. The van der Waals surface area contributed by atoms with Crippen LogP contribution in [-0.4, -0.2) is 22.0 Å². The second kappa shape index (κ2) is 10.2. The van der Waals surface area contributed by atoms with Crippen LogP contribution in [0.4, 0.5) is 0 Å². The number of amides is 2. The van der Waals surface area contributed by atoms with Gasteiger partial charge in [0.25, 0.3) is 11.8 Å². The predicted molar refractivity (Wildman–Crippen MR) is 128 cm³/mol. The summed E-state index contributed by atoms with van der Waals surface area (Å²) in [6, 6.07) is 17.9. The fourth-order valence-electron chi connectivity index (χ4n) is 2.95. The molecule has 0 saturated heterocycles. The van der Waals surface area contributed by atoms with E-state index in [1.54, 1.807) is 48.5 Å². The first-order valence-corrected chi connectivity index (χ1v) is 11.2. The molecule has 0 spiro atoms. The summed E-state index contributed by atoms with van der Waals surface area (Å²) in [4.78, 5) is 30.7. The third-order valence-electron chi connectivity index (χ3n) is 4.57. The lowest BCUT2D eigenvalue weighted by atomic mass is 10.1. The highest BCUT2D eigenvalue weighted by atomic mass is 35.5. The van der Waals surface area contributed by atoms with Gasteiger partial charge < -0.3 is 15.2 Å². The van der Waals surface area contributed by atoms with Crippen LogP contribution < -0.4 is 10.6 Å². The Labute approximate surface area is 199 Å². The van der Waals surface area contributed by atoms with Gasteiger partial charge in [0, 0.05) is 21.0 Å². The normalized spacial score (nSPS) is 11.3. The monoisotopic (exact) mass is 478 g/mol. The van der Waals surface area contributed by atoms with Gasteiger partial charge in [-0.3, -0.25) is 9.59 Å². The molecule has 0 unspecified atom stereocenters. The highest BCUT2D eigenvalue weighted by Crippen LogP contribution is 2.19. The van der Waals surface area contributed by atoms with Gasteiger partial charge in [-0.2, -0.15) is 4.98 Å². The van der Waals surface area contributed by atoms with Crippen LogP contribution >= 0.6 is 22.9 Å². The fourth-order valence-corrected chi connectivity index (χ4v) is 3.73. The molecule has 7 nitrogen and oxygen atoms in total. The van der Waals surface area contributed by atoms with E-state index < -0.39 is 5.91 Å². The summed E-state index contributed by atoms with van der Waals surface area (Å²) >= 11 is 7.36. The molecule has 166 valence electrons. The first kappa shape index (κ1) is 22.4. The van der Waals surface area contributed by atoms with Crippen molar-refractivity contribution in [3.63, 3.8) is 0 Å². The molecule has 2 aromatic carbocycles. The zero-order valence-electron chi connectivity index (χ0n) is 17.5. The van der Waals surface area contributed by atoms with Gasteiger partial charge in [0.05, 0.1) is 6.54 Å². The number of halogens is 1. The van der Waals surface area contributed by atoms with Crippen LogP contribution in [0.3, 0.4) is 0 Å². The van der Waals surface area contributed by atoms with Gasteiger partial charge in [0.1, 0.15) is 5.70 Å². The van der Waals surface area contributed by atoms with Gasteiger partial charge in [-0.15, -0.1) is 11.3 Å². The first-order chi connectivity index (χ1) is 16.0. The minimum Gasteiger partial charge on any atom is -0.342 e. The Balaban J connectivity index is 1.47. The van der Waals surface area contributed by atoms with E-state index in [2.05, 4.69) is 20.8 Å². The van der Waals surface area contributed by atoms with Crippen molar-refractivity contribution >= 4 is 40.8 Å². The van der Waals surface area contributed by atoms with E-state index in [1.165, 1.54) is 11.3 Å². The maximum Gasteiger partial charge on any atom is 0.268 e. The topological polar surface area (TPSA) is 97.1 Å². The highest BCUT2D eigenvalue weighted by Gasteiger charge is 2.17. The quantitative estimate of drug-likeness (QED) is 0.370. The molecule has 4 aromatic rings. The summed E-state index contributed by atoms with van der Waals surface area (Å²) in [5, 5.41) is 11.9. The molecule has 0 aliphatic carbocycles. The van der Waals surface area contributed by atoms with Crippen molar-refractivity contribution in [3.05, 3.63) is 98.7 Å². The Hall–Kier alpha value is -3.75. The maximum atomic E-state index is 12.9. The van der Waals surface area contributed by atoms with Gasteiger partial charge >= 0.3 is 0 Å². The maximum absolute atomic E-state index is 12.9. The van der Waals surface area contributed by atoms with Crippen molar-refractivity contribution in [2.45, 2.75) is 13.5 Å². The number of nitrogens with zero attached hydrogens (tertiary/aromatic N) is 2. The molecule has 2 N–H and O–H groups in total. The number of aromatic nitrogens is 2. The lowest BCUT2D eigenvalue weighted by molar-refractivity contribution is -0.118. The number of thiophene rings is 1.